The van der Waals surface area contributed by atoms with E-state index in [-0.39, 0.29) is 13.1 Å². The Bertz CT molecular complexity index is 193. The maximum atomic E-state index is 6.90. The number of hydrogen-bond donors (Lipinski definition) is 1. The number of rotatable bonds is 2. The normalized spacial score (nSPS) is 48.0. The van der Waals surface area contributed by atoms with Crippen molar-refractivity contribution in [3.63, 3.8) is 0 Å². The molecule has 1 aliphatic rings. The molecule has 0 bridgehead atoms. The van der Waals surface area contributed by atoms with E-state index in [0.29, 0.717) is 0 Å². The first-order valence-electron chi connectivity index (χ1n) is 5.74. The Morgan fingerprint density at radius 3 is 2.33 bits per heavy atom. The largest absolute Gasteiger partial charge is 0.377 e. The maximum absolute atomic E-state index is 6.90. The quantitative estimate of drug-likeness (QED) is 0.563. The van der Waals surface area contributed by atoms with Gasteiger partial charge in [-0.3, -0.25) is 0 Å². The molecule has 0 aromatic rings. The summed E-state index contributed by atoms with van der Waals surface area (Å²) in [5.74, 6) is 0. The minimum Gasteiger partial charge on any atom is -0.377 e. The Kier molecular flexibility index (Phi) is 0.872. The van der Waals surface area contributed by atoms with Gasteiger partial charge >= 0.3 is 0 Å². The predicted molar refractivity (Wildman–Crippen MR) is 34.5 cm³/mol. The van der Waals surface area contributed by atoms with E-state index in [1.54, 1.807) is 0 Å². The minimum atomic E-state index is -2.53. The van der Waals surface area contributed by atoms with E-state index in [4.69, 9.17) is 17.7 Å². The van der Waals surface area contributed by atoms with E-state index in [2.05, 4.69) is 5.32 Å². The van der Waals surface area contributed by atoms with Crippen molar-refractivity contribution in [1.29, 1.82) is 0 Å². The monoisotopic (exact) mass is 137 g/mol. The van der Waals surface area contributed by atoms with Gasteiger partial charge in [0.2, 0.25) is 0 Å². The molecule has 1 aliphatic heterocycles. The zero-order valence-electron chi connectivity index (χ0n) is 10.9. The molecule has 1 saturated heterocycles. The smallest absolute Gasteiger partial charge is 0.0969 e. The van der Waals surface area contributed by atoms with Crippen LogP contribution >= 0.6 is 0 Å². The van der Waals surface area contributed by atoms with Gasteiger partial charge in [-0.25, -0.2) is 0 Å². The fraction of sp³-hybridized carbons (Fsp3) is 1.00. The summed E-state index contributed by atoms with van der Waals surface area (Å²) in [7, 11) is -5.07. The molecule has 3 nitrogen and oxygen atoms in total. The van der Waals surface area contributed by atoms with Crippen molar-refractivity contribution in [2.45, 2.75) is 12.2 Å². The third kappa shape index (κ3) is 1.41. The maximum Gasteiger partial charge on any atom is 0.0969 e. The first-order valence-corrected chi connectivity index (χ1v) is 2.74. The van der Waals surface area contributed by atoms with Crippen molar-refractivity contribution in [2.75, 3.05) is 27.2 Å². The van der Waals surface area contributed by atoms with E-state index in [1.165, 1.54) is 0 Å². The Labute approximate surface area is 63.8 Å². The molecule has 1 N–H and O–H groups in total. The molecule has 1 fully saturated rings. The van der Waals surface area contributed by atoms with Crippen LogP contribution in [0.5, 0.6) is 0 Å². The molecule has 2 atom stereocenters. The molecule has 3 heteroatoms. The molecule has 0 spiro atoms. The van der Waals surface area contributed by atoms with Gasteiger partial charge in [0.1, 0.15) is 0 Å². The van der Waals surface area contributed by atoms with Crippen LogP contribution in [0.1, 0.15) is 8.22 Å². The van der Waals surface area contributed by atoms with E-state index < -0.39 is 26.3 Å². The second-order valence-electron chi connectivity index (χ2n) is 1.97. The summed E-state index contributed by atoms with van der Waals surface area (Å²) in [6, 6.07) is 0. The second-order valence-corrected chi connectivity index (χ2v) is 1.97. The molecule has 1 rings (SSSR count). The van der Waals surface area contributed by atoms with Crippen LogP contribution in [0.4, 0.5) is 0 Å². The van der Waals surface area contributed by atoms with Crippen LogP contribution in [0.15, 0.2) is 0 Å². The highest BCUT2D eigenvalue weighted by atomic mass is 16.5. The van der Waals surface area contributed by atoms with Crippen LogP contribution in [0.25, 0.3) is 0 Å². The van der Waals surface area contributed by atoms with Gasteiger partial charge in [0.15, 0.2) is 0 Å². The predicted octanol–water partition coefficient (Wildman–Crippen LogP) is -0.380. The Balaban J connectivity index is 2.50. The van der Waals surface area contributed by atoms with Gasteiger partial charge in [-0.2, -0.15) is 0 Å². The van der Waals surface area contributed by atoms with Crippen LogP contribution in [-0.2, 0) is 9.47 Å². The summed E-state index contributed by atoms with van der Waals surface area (Å²) in [5, 5.41) is 2.82. The topological polar surface area (TPSA) is 30.5 Å². The molecular weight excluding hydrogens is 118 g/mol. The van der Waals surface area contributed by atoms with Crippen molar-refractivity contribution >= 4 is 0 Å². The highest BCUT2D eigenvalue weighted by molar-refractivity contribution is 4.81. The number of ether oxygens (including phenoxy) is 2. The Morgan fingerprint density at radius 1 is 1.33 bits per heavy atom. The molecule has 0 amide bonds. The lowest BCUT2D eigenvalue weighted by Crippen LogP contribution is -2.27. The first kappa shape index (κ1) is 2.49. The fourth-order valence-electron chi connectivity index (χ4n) is 0.866. The van der Waals surface area contributed by atoms with E-state index in [0.717, 1.165) is 0 Å². The van der Waals surface area contributed by atoms with Crippen LogP contribution in [0, 0.1) is 0 Å². The summed E-state index contributed by atoms with van der Waals surface area (Å²) in [5.41, 5.74) is 0. The number of hydrogen-bond acceptors (Lipinski definition) is 3. The number of methoxy groups -OCH3 is 2. The molecule has 0 radical (unpaired) electrons. The molecule has 1 heterocycles. The van der Waals surface area contributed by atoms with Gasteiger partial charge in [0.05, 0.1) is 20.4 Å². The third-order valence-electron chi connectivity index (χ3n) is 1.41. The first-order chi connectivity index (χ1) is 6.67. The lowest BCUT2D eigenvalue weighted by molar-refractivity contribution is -0.00461. The Morgan fingerprint density at radius 2 is 1.89 bits per heavy atom. The number of nitrogens with one attached hydrogen (secondary N) is 1. The van der Waals surface area contributed by atoms with Crippen molar-refractivity contribution < 1.29 is 17.7 Å². The molecule has 9 heavy (non-hydrogen) atoms. The lowest BCUT2D eigenvalue weighted by Gasteiger charge is -2.14. The van der Waals surface area contributed by atoms with E-state index in [1.807, 2.05) is 0 Å². The molecule has 0 saturated carbocycles. The van der Waals surface area contributed by atoms with Crippen LogP contribution in [0.3, 0.4) is 0 Å². The van der Waals surface area contributed by atoms with Gasteiger partial charge in [0.25, 0.3) is 0 Å². The van der Waals surface area contributed by atoms with Gasteiger partial charge < -0.3 is 14.8 Å². The van der Waals surface area contributed by atoms with Crippen LogP contribution in [-0.4, -0.2) is 39.4 Å². The average Bonchev–Trinajstić information content (AvgIpc) is 2.29. The molecule has 54 valence electrons. The fourth-order valence-corrected chi connectivity index (χ4v) is 0.866. The minimum absolute atomic E-state index is 0.277. The molecule has 0 aromatic heterocycles. The Hall–Kier alpha value is -0.120. The summed E-state index contributed by atoms with van der Waals surface area (Å²) >= 11 is 0. The molecule has 0 aliphatic carbocycles. The molecule has 0 aromatic carbocycles. The second kappa shape index (κ2) is 3.15. The highest BCUT2D eigenvalue weighted by Crippen LogP contribution is 2.05. The van der Waals surface area contributed by atoms with Gasteiger partial charge in [-0.1, -0.05) is 0 Å². The summed E-state index contributed by atoms with van der Waals surface area (Å²) in [4.78, 5) is 0. The van der Waals surface area contributed by atoms with Gasteiger partial charge in [0, 0.05) is 27.2 Å². The average molecular weight is 137 g/mol. The summed E-state index contributed by atoms with van der Waals surface area (Å²) < 4.78 is 50.9. The SMILES string of the molecule is [2H]C([2H])([2H])O[C@@H]1CNC[C@H]1OC([2H])([2H])[2H]. The van der Waals surface area contributed by atoms with Gasteiger partial charge in [-0.15, -0.1) is 0 Å². The lowest BCUT2D eigenvalue weighted by atomic mass is 10.3. The van der Waals surface area contributed by atoms with Crippen LogP contribution < -0.4 is 5.32 Å². The van der Waals surface area contributed by atoms with Crippen molar-refractivity contribution in [3.8, 4) is 0 Å². The third-order valence-corrected chi connectivity index (χ3v) is 1.41. The zero-order valence-corrected chi connectivity index (χ0v) is 4.89. The van der Waals surface area contributed by atoms with E-state index in [9.17, 15) is 0 Å². The van der Waals surface area contributed by atoms with Gasteiger partial charge in [-0.05, 0) is 0 Å². The van der Waals surface area contributed by atoms with Crippen LogP contribution in [0.2, 0.25) is 0 Å². The van der Waals surface area contributed by atoms with Crippen molar-refractivity contribution in [3.05, 3.63) is 0 Å². The van der Waals surface area contributed by atoms with E-state index >= 15 is 0 Å². The molecule has 0 unspecified atom stereocenters. The van der Waals surface area contributed by atoms with Crippen molar-refractivity contribution in [1.82, 2.24) is 5.32 Å². The summed E-state index contributed by atoms with van der Waals surface area (Å²) in [6.45, 7) is 0.554. The van der Waals surface area contributed by atoms with Crippen molar-refractivity contribution in [2.24, 2.45) is 0 Å². The zero-order chi connectivity index (χ0) is 11.7. The summed E-state index contributed by atoms with van der Waals surface area (Å²) in [6.07, 6.45) is -1.50. The standard InChI is InChI=1S/C6H13NO2/c1-8-5-3-7-4-6(5)9-2/h5-7H,3-4H2,1-2H3/t5-,6-/m1/s1/i1D3,2D3. The molecular formula is C6H13NO2. The highest BCUT2D eigenvalue weighted by Gasteiger charge is 2.25.